The van der Waals surface area contributed by atoms with Gasteiger partial charge in [-0.15, -0.1) is 0 Å². The molecule has 2 aromatic rings. The first-order chi connectivity index (χ1) is 14.2. The molecule has 2 aliphatic heterocycles. The van der Waals surface area contributed by atoms with Gasteiger partial charge in [0.05, 0.1) is 0 Å². The van der Waals surface area contributed by atoms with Crippen molar-refractivity contribution in [1.29, 1.82) is 0 Å². The largest absolute Gasteiger partial charge is 0.444 e. The maximum Gasteiger partial charge on any atom is 0.410 e. The van der Waals surface area contributed by atoms with Crippen LogP contribution in [-0.4, -0.2) is 52.7 Å². The van der Waals surface area contributed by atoms with E-state index in [0.29, 0.717) is 32.1 Å². The number of aromatic nitrogens is 1. The number of carbonyl (C=O) groups excluding carboxylic acids is 3. The summed E-state index contributed by atoms with van der Waals surface area (Å²) in [6, 6.07) is 7.91. The smallest absolute Gasteiger partial charge is 0.410 e. The number of nitrogens with one attached hydrogen (secondary N) is 1. The average Bonchev–Trinajstić information content (AvgIpc) is 3.10. The summed E-state index contributed by atoms with van der Waals surface area (Å²) in [4.78, 5) is 39.2. The van der Waals surface area contributed by atoms with Crippen LogP contribution in [0.3, 0.4) is 0 Å². The van der Waals surface area contributed by atoms with Gasteiger partial charge in [-0.3, -0.25) is 15.0 Å². The number of hydrogen-bond donors (Lipinski definition) is 1. The Labute approximate surface area is 175 Å². The molecule has 2 fully saturated rings. The van der Waals surface area contributed by atoms with E-state index in [9.17, 15) is 14.4 Å². The van der Waals surface area contributed by atoms with E-state index in [0.717, 1.165) is 29.4 Å². The number of anilines is 1. The van der Waals surface area contributed by atoms with Crippen LogP contribution in [0.25, 0.3) is 10.9 Å². The number of rotatable bonds is 2. The number of benzene rings is 1. The van der Waals surface area contributed by atoms with Crippen molar-refractivity contribution in [2.24, 2.45) is 0 Å². The lowest BCUT2D eigenvalue weighted by Gasteiger charge is -2.34. The second-order valence-electron chi connectivity index (χ2n) is 8.92. The molecule has 8 nitrogen and oxygen atoms in total. The number of urea groups is 1. The minimum absolute atomic E-state index is 0.235. The highest BCUT2D eigenvalue weighted by Crippen LogP contribution is 2.31. The summed E-state index contributed by atoms with van der Waals surface area (Å²) in [5.41, 5.74) is 1.40. The van der Waals surface area contributed by atoms with Crippen LogP contribution in [0.5, 0.6) is 0 Å². The Morgan fingerprint density at radius 2 is 1.83 bits per heavy atom. The Balaban J connectivity index is 1.45. The molecule has 160 valence electrons. The molecule has 1 aromatic heterocycles. The Morgan fingerprint density at radius 1 is 1.10 bits per heavy atom. The van der Waals surface area contributed by atoms with Crippen LogP contribution in [0, 0.1) is 0 Å². The molecule has 4 rings (SSSR count). The van der Waals surface area contributed by atoms with E-state index in [1.54, 1.807) is 9.80 Å². The van der Waals surface area contributed by atoms with Crippen LogP contribution in [-0.2, 0) is 9.53 Å². The molecule has 0 unspecified atom stereocenters. The van der Waals surface area contributed by atoms with Crippen LogP contribution in [0.4, 0.5) is 15.3 Å². The lowest BCUT2D eigenvalue weighted by molar-refractivity contribution is -0.120. The molecule has 1 aromatic carbocycles. The zero-order valence-corrected chi connectivity index (χ0v) is 17.7. The topological polar surface area (TPSA) is 83.9 Å². The Bertz CT molecular complexity index is 983. The molecule has 2 aliphatic rings. The first-order valence-electron chi connectivity index (χ1n) is 10.4. The summed E-state index contributed by atoms with van der Waals surface area (Å²) < 4.78 is 7.74. The molecule has 1 N–H and O–H groups in total. The number of fused-ring (bicyclic) bond motifs is 1. The van der Waals surface area contributed by atoms with Crippen molar-refractivity contribution in [3.63, 3.8) is 0 Å². The van der Waals surface area contributed by atoms with Gasteiger partial charge in [-0.05, 0) is 57.9 Å². The van der Waals surface area contributed by atoms with Gasteiger partial charge in [0.25, 0.3) is 0 Å². The molecule has 0 aliphatic carbocycles. The predicted octanol–water partition coefficient (Wildman–Crippen LogP) is 3.66. The molecule has 8 heteroatoms. The number of hydrogen-bond acceptors (Lipinski definition) is 4. The van der Waals surface area contributed by atoms with E-state index in [1.165, 1.54) is 0 Å². The van der Waals surface area contributed by atoms with Gasteiger partial charge in [0.2, 0.25) is 5.91 Å². The summed E-state index contributed by atoms with van der Waals surface area (Å²) in [5, 5.41) is 3.41. The zero-order chi connectivity index (χ0) is 21.5. The van der Waals surface area contributed by atoms with Crippen molar-refractivity contribution < 1.29 is 19.1 Å². The molecule has 4 amide bonds. The highest BCUT2D eigenvalue weighted by molar-refractivity contribution is 6.06. The average molecular weight is 412 g/mol. The standard InChI is InChI=1S/C22H28N4O4/c1-22(2,3)30-21(29)24-10-7-16(8-11-24)25-12-6-15-14-17(4-5-18(15)25)26-13-9-19(27)23-20(26)28/h4-6,12,14,16H,7-11,13H2,1-3H3,(H,23,27,28). The summed E-state index contributed by atoms with van der Waals surface area (Å²) in [6.07, 6.45) is 3.85. The fourth-order valence-electron chi connectivity index (χ4n) is 4.10. The van der Waals surface area contributed by atoms with E-state index in [-0.39, 0.29) is 18.0 Å². The van der Waals surface area contributed by atoms with Crippen molar-refractivity contribution in [2.45, 2.75) is 51.7 Å². The number of piperidine rings is 1. The first kappa shape index (κ1) is 20.3. The van der Waals surface area contributed by atoms with Crippen molar-refractivity contribution in [1.82, 2.24) is 14.8 Å². The minimum Gasteiger partial charge on any atom is -0.444 e. The molecule has 0 spiro atoms. The molecule has 0 radical (unpaired) electrons. The van der Waals surface area contributed by atoms with E-state index >= 15 is 0 Å². The van der Waals surface area contributed by atoms with Crippen molar-refractivity contribution in [2.75, 3.05) is 24.5 Å². The van der Waals surface area contributed by atoms with Gasteiger partial charge in [-0.2, -0.15) is 0 Å². The third kappa shape index (κ3) is 4.13. The van der Waals surface area contributed by atoms with Gasteiger partial charge >= 0.3 is 12.1 Å². The SMILES string of the molecule is CC(C)(C)OC(=O)N1CCC(n2ccc3cc(N4CCC(=O)NC4=O)ccc32)CC1. The Morgan fingerprint density at radius 3 is 2.50 bits per heavy atom. The van der Waals surface area contributed by atoms with E-state index in [4.69, 9.17) is 4.74 Å². The van der Waals surface area contributed by atoms with Crippen molar-refractivity contribution in [3.05, 3.63) is 30.5 Å². The van der Waals surface area contributed by atoms with Crippen LogP contribution < -0.4 is 10.2 Å². The number of imide groups is 1. The fraction of sp³-hybridized carbons (Fsp3) is 0.500. The van der Waals surface area contributed by atoms with E-state index in [1.807, 2.05) is 45.0 Å². The third-order valence-corrected chi connectivity index (χ3v) is 5.58. The highest BCUT2D eigenvalue weighted by Gasteiger charge is 2.28. The number of amides is 4. The maximum atomic E-state index is 12.3. The summed E-state index contributed by atoms with van der Waals surface area (Å²) in [7, 11) is 0. The fourth-order valence-corrected chi connectivity index (χ4v) is 4.10. The molecule has 30 heavy (non-hydrogen) atoms. The number of likely N-dealkylation sites (tertiary alicyclic amines) is 1. The van der Waals surface area contributed by atoms with Crippen LogP contribution in [0.1, 0.15) is 46.1 Å². The quantitative estimate of drug-likeness (QED) is 0.816. The predicted molar refractivity (Wildman–Crippen MR) is 114 cm³/mol. The molecular formula is C22H28N4O4. The normalized spacial score (nSPS) is 18.6. The molecule has 0 atom stereocenters. The molecular weight excluding hydrogens is 384 g/mol. The third-order valence-electron chi connectivity index (χ3n) is 5.58. The van der Waals surface area contributed by atoms with Gasteiger partial charge < -0.3 is 14.2 Å². The van der Waals surface area contributed by atoms with Crippen LogP contribution >= 0.6 is 0 Å². The summed E-state index contributed by atoms with van der Waals surface area (Å²) in [5.74, 6) is -0.235. The lowest BCUT2D eigenvalue weighted by atomic mass is 10.0. The minimum atomic E-state index is -0.485. The first-order valence-corrected chi connectivity index (χ1v) is 10.4. The number of carbonyl (C=O) groups is 3. The maximum absolute atomic E-state index is 12.3. The Hall–Kier alpha value is -3.03. The molecule has 3 heterocycles. The van der Waals surface area contributed by atoms with Gasteiger partial charge in [0.15, 0.2) is 0 Å². The highest BCUT2D eigenvalue weighted by atomic mass is 16.6. The van der Waals surface area contributed by atoms with Gasteiger partial charge in [0, 0.05) is 54.9 Å². The number of ether oxygens (including phenoxy) is 1. The van der Waals surface area contributed by atoms with E-state index in [2.05, 4.69) is 16.1 Å². The van der Waals surface area contributed by atoms with Crippen molar-refractivity contribution >= 4 is 34.6 Å². The van der Waals surface area contributed by atoms with Crippen LogP contribution in [0.2, 0.25) is 0 Å². The summed E-state index contributed by atoms with van der Waals surface area (Å²) >= 11 is 0. The molecule has 0 saturated carbocycles. The molecule has 2 saturated heterocycles. The van der Waals surface area contributed by atoms with Gasteiger partial charge in [-0.1, -0.05) is 0 Å². The second kappa shape index (κ2) is 7.66. The zero-order valence-electron chi connectivity index (χ0n) is 17.7. The van der Waals surface area contributed by atoms with E-state index < -0.39 is 5.60 Å². The molecule has 0 bridgehead atoms. The second-order valence-corrected chi connectivity index (χ2v) is 8.92. The van der Waals surface area contributed by atoms with Gasteiger partial charge in [-0.25, -0.2) is 9.59 Å². The Kier molecular flexibility index (Phi) is 5.17. The monoisotopic (exact) mass is 412 g/mol. The van der Waals surface area contributed by atoms with Gasteiger partial charge in [0.1, 0.15) is 5.60 Å². The number of nitrogens with zero attached hydrogens (tertiary/aromatic N) is 3. The van der Waals surface area contributed by atoms with Crippen molar-refractivity contribution in [3.8, 4) is 0 Å². The van der Waals surface area contributed by atoms with Crippen LogP contribution in [0.15, 0.2) is 30.5 Å². The summed E-state index contributed by atoms with van der Waals surface area (Å²) in [6.45, 7) is 7.36. The lowest BCUT2D eigenvalue weighted by Crippen LogP contribution is -2.49.